The van der Waals surface area contributed by atoms with Crippen LogP contribution in [-0.2, 0) is 0 Å². The molecule has 0 atom stereocenters. The predicted molar refractivity (Wildman–Crippen MR) is 82.1 cm³/mol. The number of rotatable bonds is 5. The first kappa shape index (κ1) is 15.0. The van der Waals surface area contributed by atoms with E-state index in [9.17, 15) is 9.18 Å². The fourth-order valence-corrected chi connectivity index (χ4v) is 1.82. The van der Waals surface area contributed by atoms with E-state index in [1.807, 2.05) is 0 Å². The summed E-state index contributed by atoms with van der Waals surface area (Å²) >= 11 is 0. The van der Waals surface area contributed by atoms with Crippen molar-refractivity contribution in [3.8, 4) is 0 Å². The van der Waals surface area contributed by atoms with Crippen LogP contribution in [0.3, 0.4) is 0 Å². The average molecular weight is 287 g/mol. The summed E-state index contributed by atoms with van der Waals surface area (Å²) in [6.45, 7) is 4.74. The van der Waals surface area contributed by atoms with Crippen molar-refractivity contribution < 1.29 is 9.18 Å². The second-order valence-electron chi connectivity index (χ2n) is 4.77. The van der Waals surface area contributed by atoms with Gasteiger partial charge in [-0.25, -0.2) is 9.37 Å². The van der Waals surface area contributed by atoms with Crippen molar-refractivity contribution in [2.24, 2.45) is 0 Å². The first-order valence-corrected chi connectivity index (χ1v) is 6.87. The number of amides is 1. The molecular weight excluding hydrogens is 269 g/mol. The zero-order valence-corrected chi connectivity index (χ0v) is 12.1. The monoisotopic (exact) mass is 287 g/mol. The van der Waals surface area contributed by atoms with Gasteiger partial charge >= 0.3 is 0 Å². The van der Waals surface area contributed by atoms with Gasteiger partial charge in [0, 0.05) is 12.2 Å². The molecule has 0 aliphatic rings. The highest BCUT2D eigenvalue weighted by Crippen LogP contribution is 2.17. The van der Waals surface area contributed by atoms with Gasteiger partial charge in [-0.15, -0.1) is 0 Å². The molecule has 1 aromatic heterocycles. The highest BCUT2D eigenvalue weighted by molar-refractivity contribution is 6.03. The summed E-state index contributed by atoms with van der Waals surface area (Å²) in [5, 5.41) is 5.85. The molecule has 2 N–H and O–H groups in total. The van der Waals surface area contributed by atoms with Crippen molar-refractivity contribution in [2.45, 2.75) is 20.3 Å². The first-order chi connectivity index (χ1) is 10.1. The average Bonchev–Trinajstić information content (AvgIpc) is 2.49. The van der Waals surface area contributed by atoms with Crippen LogP contribution < -0.4 is 10.6 Å². The third-order valence-corrected chi connectivity index (χ3v) is 3.02. The Morgan fingerprint density at radius 1 is 1.29 bits per heavy atom. The maximum Gasteiger partial charge on any atom is 0.274 e. The molecular formula is C16H18FN3O. The third kappa shape index (κ3) is 4.02. The lowest BCUT2D eigenvalue weighted by Gasteiger charge is -2.09. The van der Waals surface area contributed by atoms with Crippen molar-refractivity contribution >= 4 is 17.3 Å². The SMILES string of the molecule is CCCNc1ccc(C(=O)Nc2cc(F)ccc2C)nc1. The van der Waals surface area contributed by atoms with Crippen molar-refractivity contribution in [1.82, 2.24) is 4.98 Å². The Balaban J connectivity index is 2.07. The molecule has 0 bridgehead atoms. The molecule has 2 aromatic rings. The van der Waals surface area contributed by atoms with Crippen LogP contribution in [-0.4, -0.2) is 17.4 Å². The van der Waals surface area contributed by atoms with E-state index < -0.39 is 0 Å². The number of benzene rings is 1. The normalized spacial score (nSPS) is 10.2. The van der Waals surface area contributed by atoms with E-state index >= 15 is 0 Å². The largest absolute Gasteiger partial charge is 0.384 e. The number of carbonyl (C=O) groups is 1. The molecule has 0 radical (unpaired) electrons. The summed E-state index contributed by atoms with van der Waals surface area (Å²) in [7, 11) is 0. The number of anilines is 2. The van der Waals surface area contributed by atoms with E-state index in [1.165, 1.54) is 12.1 Å². The third-order valence-electron chi connectivity index (χ3n) is 3.02. The second-order valence-corrected chi connectivity index (χ2v) is 4.77. The number of nitrogens with zero attached hydrogens (tertiary/aromatic N) is 1. The van der Waals surface area contributed by atoms with Gasteiger partial charge in [-0.05, 0) is 43.2 Å². The minimum atomic E-state index is -0.386. The number of carbonyl (C=O) groups excluding carboxylic acids is 1. The van der Waals surface area contributed by atoms with Crippen molar-refractivity contribution in [3.05, 3.63) is 53.6 Å². The van der Waals surface area contributed by atoms with Crippen LogP contribution in [0.15, 0.2) is 36.5 Å². The molecule has 2 rings (SSSR count). The number of hydrogen-bond acceptors (Lipinski definition) is 3. The molecule has 0 aliphatic heterocycles. The van der Waals surface area contributed by atoms with Gasteiger partial charge in [0.15, 0.2) is 0 Å². The van der Waals surface area contributed by atoms with Crippen molar-refractivity contribution in [2.75, 3.05) is 17.2 Å². The molecule has 21 heavy (non-hydrogen) atoms. The highest BCUT2D eigenvalue weighted by Gasteiger charge is 2.09. The lowest BCUT2D eigenvalue weighted by molar-refractivity contribution is 0.102. The van der Waals surface area contributed by atoms with Crippen LogP contribution in [0.1, 0.15) is 29.4 Å². The van der Waals surface area contributed by atoms with E-state index in [2.05, 4.69) is 22.5 Å². The quantitative estimate of drug-likeness (QED) is 0.883. The lowest BCUT2D eigenvalue weighted by Crippen LogP contribution is -2.14. The minimum Gasteiger partial charge on any atom is -0.384 e. The fraction of sp³-hybridized carbons (Fsp3) is 0.250. The van der Waals surface area contributed by atoms with Gasteiger partial charge in [-0.3, -0.25) is 4.79 Å². The standard InChI is InChI=1S/C16H18FN3O/c1-3-8-18-13-6-7-14(19-10-13)16(21)20-15-9-12(17)5-4-11(15)2/h4-7,9-10,18H,3,8H2,1-2H3,(H,20,21). The summed E-state index contributed by atoms with van der Waals surface area (Å²) in [4.78, 5) is 16.2. The van der Waals surface area contributed by atoms with Crippen LogP contribution in [0.4, 0.5) is 15.8 Å². The van der Waals surface area contributed by atoms with Crippen LogP contribution in [0.25, 0.3) is 0 Å². The van der Waals surface area contributed by atoms with Gasteiger partial charge in [0.1, 0.15) is 11.5 Å². The number of nitrogens with one attached hydrogen (secondary N) is 2. The number of aromatic nitrogens is 1. The highest BCUT2D eigenvalue weighted by atomic mass is 19.1. The molecule has 0 saturated carbocycles. The van der Waals surface area contributed by atoms with Gasteiger partial charge in [-0.2, -0.15) is 0 Å². The molecule has 1 aromatic carbocycles. The molecule has 1 heterocycles. The second kappa shape index (κ2) is 6.83. The maximum absolute atomic E-state index is 13.2. The summed E-state index contributed by atoms with van der Waals surface area (Å²) in [5.41, 5.74) is 2.41. The van der Waals surface area contributed by atoms with E-state index in [0.29, 0.717) is 11.4 Å². The van der Waals surface area contributed by atoms with Crippen LogP contribution in [0.2, 0.25) is 0 Å². The molecule has 0 fully saturated rings. The molecule has 0 saturated heterocycles. The van der Waals surface area contributed by atoms with E-state index in [4.69, 9.17) is 0 Å². The summed E-state index contributed by atoms with van der Waals surface area (Å²) < 4.78 is 13.2. The Hall–Kier alpha value is -2.43. The van der Waals surface area contributed by atoms with Gasteiger partial charge in [0.2, 0.25) is 0 Å². The van der Waals surface area contributed by atoms with Gasteiger partial charge < -0.3 is 10.6 Å². The van der Waals surface area contributed by atoms with Gasteiger partial charge in [0.05, 0.1) is 11.9 Å². The van der Waals surface area contributed by atoms with E-state index in [1.54, 1.807) is 31.3 Å². The smallest absolute Gasteiger partial charge is 0.274 e. The Bertz CT molecular complexity index is 626. The zero-order valence-electron chi connectivity index (χ0n) is 12.1. The molecule has 4 nitrogen and oxygen atoms in total. The van der Waals surface area contributed by atoms with Crippen LogP contribution in [0, 0.1) is 12.7 Å². The zero-order chi connectivity index (χ0) is 15.2. The Morgan fingerprint density at radius 2 is 2.10 bits per heavy atom. The van der Waals surface area contributed by atoms with Gasteiger partial charge in [0.25, 0.3) is 5.91 Å². The molecule has 110 valence electrons. The topological polar surface area (TPSA) is 54.0 Å². The number of aryl methyl sites for hydroxylation is 1. The number of hydrogen-bond donors (Lipinski definition) is 2. The molecule has 0 unspecified atom stereocenters. The molecule has 1 amide bonds. The Morgan fingerprint density at radius 3 is 2.76 bits per heavy atom. The Kier molecular flexibility index (Phi) is 4.87. The molecule has 0 aliphatic carbocycles. The predicted octanol–water partition coefficient (Wildman–Crippen LogP) is 3.60. The fourth-order valence-electron chi connectivity index (χ4n) is 1.82. The summed E-state index contributed by atoms with van der Waals surface area (Å²) in [5.74, 6) is -0.742. The van der Waals surface area contributed by atoms with Gasteiger partial charge in [-0.1, -0.05) is 13.0 Å². The summed E-state index contributed by atoms with van der Waals surface area (Å²) in [6, 6.07) is 7.72. The Labute approximate surface area is 123 Å². The number of pyridine rings is 1. The lowest BCUT2D eigenvalue weighted by atomic mass is 10.2. The van der Waals surface area contributed by atoms with E-state index in [0.717, 1.165) is 24.2 Å². The van der Waals surface area contributed by atoms with Crippen LogP contribution in [0.5, 0.6) is 0 Å². The first-order valence-electron chi connectivity index (χ1n) is 6.87. The number of halogens is 1. The molecule has 0 spiro atoms. The van der Waals surface area contributed by atoms with Crippen molar-refractivity contribution in [1.29, 1.82) is 0 Å². The maximum atomic E-state index is 13.2. The van der Waals surface area contributed by atoms with E-state index in [-0.39, 0.29) is 11.7 Å². The summed E-state index contributed by atoms with van der Waals surface area (Å²) in [6.07, 6.45) is 2.63. The van der Waals surface area contributed by atoms with Crippen molar-refractivity contribution in [3.63, 3.8) is 0 Å². The minimum absolute atomic E-state index is 0.292. The molecule has 5 heteroatoms. The van der Waals surface area contributed by atoms with Crippen LogP contribution >= 0.6 is 0 Å².